The average Bonchev–Trinajstić information content (AvgIpc) is 3.12. The van der Waals surface area contributed by atoms with Crippen LogP contribution in [0, 0.1) is 0 Å². The molecule has 0 aliphatic carbocycles. The summed E-state index contributed by atoms with van der Waals surface area (Å²) in [5.41, 5.74) is 1.44. The van der Waals surface area contributed by atoms with Crippen LogP contribution in [0.25, 0.3) is 10.9 Å². The average molecular weight is 351 g/mol. The molecule has 4 rings (SSSR count). The molecule has 2 aromatic carbocycles. The molecule has 0 atom stereocenters. The molecule has 0 fully saturated rings. The molecule has 2 heterocycles. The summed E-state index contributed by atoms with van der Waals surface area (Å²) in [5.74, 6) is 1.30. The topological polar surface area (TPSA) is 73.7 Å². The summed E-state index contributed by atoms with van der Waals surface area (Å²) in [6, 6.07) is 12.8. The van der Waals surface area contributed by atoms with Crippen molar-refractivity contribution >= 4 is 16.8 Å². The molecule has 132 valence electrons. The van der Waals surface area contributed by atoms with Gasteiger partial charge in [0.05, 0.1) is 11.7 Å². The van der Waals surface area contributed by atoms with Gasteiger partial charge in [0, 0.05) is 19.0 Å². The van der Waals surface area contributed by atoms with E-state index in [1.165, 1.54) is 6.20 Å². The van der Waals surface area contributed by atoms with E-state index in [4.69, 9.17) is 9.47 Å². The highest BCUT2D eigenvalue weighted by Crippen LogP contribution is 2.32. The summed E-state index contributed by atoms with van der Waals surface area (Å²) in [7, 11) is 1.73. The van der Waals surface area contributed by atoms with Gasteiger partial charge in [-0.05, 0) is 29.8 Å². The molecule has 0 bridgehead atoms. The van der Waals surface area contributed by atoms with E-state index in [9.17, 15) is 9.59 Å². The van der Waals surface area contributed by atoms with Gasteiger partial charge in [-0.1, -0.05) is 18.2 Å². The lowest BCUT2D eigenvalue weighted by Gasteiger charge is -2.18. The Hall–Kier alpha value is -3.35. The van der Waals surface area contributed by atoms with E-state index in [1.807, 2.05) is 24.3 Å². The van der Waals surface area contributed by atoms with E-state index in [1.54, 1.807) is 34.8 Å². The predicted molar refractivity (Wildman–Crippen MR) is 95.0 cm³/mol. The SMILES string of the molecule is CN(Cc1ccc2c(c1)OCO2)C(=O)Cn1ncc(=O)c2ccccc21. The van der Waals surface area contributed by atoms with Crippen molar-refractivity contribution in [1.82, 2.24) is 14.7 Å². The van der Waals surface area contributed by atoms with Crippen LogP contribution in [-0.2, 0) is 17.9 Å². The lowest BCUT2D eigenvalue weighted by Crippen LogP contribution is -2.31. The molecule has 0 spiro atoms. The van der Waals surface area contributed by atoms with Crippen LogP contribution in [0.4, 0.5) is 0 Å². The zero-order chi connectivity index (χ0) is 18.1. The number of rotatable bonds is 4. The first kappa shape index (κ1) is 16.1. The Bertz CT molecular complexity index is 1040. The Morgan fingerprint density at radius 1 is 1.19 bits per heavy atom. The first-order valence-electron chi connectivity index (χ1n) is 8.19. The normalized spacial score (nSPS) is 12.3. The third kappa shape index (κ3) is 2.99. The lowest BCUT2D eigenvalue weighted by atomic mass is 10.2. The Kier molecular flexibility index (Phi) is 4.04. The molecule has 0 saturated heterocycles. The van der Waals surface area contributed by atoms with Crippen LogP contribution < -0.4 is 14.9 Å². The monoisotopic (exact) mass is 351 g/mol. The summed E-state index contributed by atoms with van der Waals surface area (Å²) < 4.78 is 12.2. The highest BCUT2D eigenvalue weighted by molar-refractivity contribution is 5.81. The third-order valence-electron chi connectivity index (χ3n) is 4.33. The van der Waals surface area contributed by atoms with Crippen LogP contribution in [-0.4, -0.2) is 34.4 Å². The maximum absolute atomic E-state index is 12.6. The second-order valence-electron chi connectivity index (χ2n) is 6.12. The quantitative estimate of drug-likeness (QED) is 0.716. The minimum absolute atomic E-state index is 0.0574. The molecule has 1 aliphatic rings. The number of hydrogen-bond donors (Lipinski definition) is 0. The van der Waals surface area contributed by atoms with Gasteiger partial charge >= 0.3 is 0 Å². The Labute approximate surface area is 149 Å². The van der Waals surface area contributed by atoms with Crippen LogP contribution in [0.2, 0.25) is 0 Å². The largest absolute Gasteiger partial charge is 0.454 e. The Balaban J connectivity index is 1.51. The molecular formula is C19H17N3O4. The van der Waals surface area contributed by atoms with Gasteiger partial charge in [0.15, 0.2) is 11.5 Å². The summed E-state index contributed by atoms with van der Waals surface area (Å²) >= 11 is 0. The number of ether oxygens (including phenoxy) is 2. The van der Waals surface area contributed by atoms with E-state index in [-0.39, 0.29) is 24.7 Å². The van der Waals surface area contributed by atoms with Crippen molar-refractivity contribution < 1.29 is 14.3 Å². The van der Waals surface area contributed by atoms with Gasteiger partial charge in [-0.15, -0.1) is 0 Å². The highest BCUT2D eigenvalue weighted by atomic mass is 16.7. The smallest absolute Gasteiger partial charge is 0.244 e. The predicted octanol–water partition coefficient (Wildman–Crippen LogP) is 1.78. The number of hydrogen-bond acceptors (Lipinski definition) is 5. The molecule has 7 heteroatoms. The van der Waals surface area contributed by atoms with Gasteiger partial charge in [0.1, 0.15) is 6.54 Å². The fraction of sp³-hybridized carbons (Fsp3) is 0.211. The van der Waals surface area contributed by atoms with Crippen LogP contribution in [0.1, 0.15) is 5.56 Å². The summed E-state index contributed by atoms with van der Waals surface area (Å²) in [4.78, 5) is 26.1. The van der Waals surface area contributed by atoms with E-state index in [0.29, 0.717) is 28.9 Å². The third-order valence-corrected chi connectivity index (χ3v) is 4.33. The summed E-state index contributed by atoms with van der Waals surface area (Å²) in [6.07, 6.45) is 1.24. The summed E-state index contributed by atoms with van der Waals surface area (Å²) in [5, 5.41) is 4.65. The molecule has 3 aromatic rings. The minimum Gasteiger partial charge on any atom is -0.454 e. The molecular weight excluding hydrogens is 334 g/mol. The maximum Gasteiger partial charge on any atom is 0.244 e. The van der Waals surface area contributed by atoms with Crippen LogP contribution in [0.3, 0.4) is 0 Å². The highest BCUT2D eigenvalue weighted by Gasteiger charge is 2.16. The van der Waals surface area contributed by atoms with Crippen molar-refractivity contribution in [3.8, 4) is 11.5 Å². The van der Waals surface area contributed by atoms with E-state index >= 15 is 0 Å². The second-order valence-corrected chi connectivity index (χ2v) is 6.12. The second kappa shape index (κ2) is 6.51. The molecule has 1 amide bonds. The van der Waals surface area contributed by atoms with Gasteiger partial charge < -0.3 is 14.4 Å². The van der Waals surface area contributed by atoms with Crippen LogP contribution in [0.5, 0.6) is 11.5 Å². The van der Waals surface area contributed by atoms with E-state index in [0.717, 1.165) is 5.56 Å². The molecule has 1 aliphatic heterocycles. The first-order chi connectivity index (χ1) is 12.6. The van der Waals surface area contributed by atoms with Crippen LogP contribution >= 0.6 is 0 Å². The maximum atomic E-state index is 12.6. The van der Waals surface area contributed by atoms with E-state index in [2.05, 4.69) is 5.10 Å². The van der Waals surface area contributed by atoms with Crippen molar-refractivity contribution in [3.05, 3.63) is 64.4 Å². The lowest BCUT2D eigenvalue weighted by molar-refractivity contribution is -0.131. The van der Waals surface area contributed by atoms with Gasteiger partial charge in [-0.25, -0.2) is 0 Å². The molecule has 26 heavy (non-hydrogen) atoms. The zero-order valence-corrected chi connectivity index (χ0v) is 14.2. The number of carbonyl (C=O) groups excluding carboxylic acids is 1. The molecule has 7 nitrogen and oxygen atoms in total. The molecule has 0 radical (unpaired) electrons. The number of para-hydroxylation sites is 1. The zero-order valence-electron chi connectivity index (χ0n) is 14.2. The fourth-order valence-corrected chi connectivity index (χ4v) is 2.94. The molecule has 1 aromatic heterocycles. The molecule has 0 unspecified atom stereocenters. The standard InChI is InChI=1S/C19H17N3O4/c1-21(10-13-6-7-17-18(8-13)26-12-25-17)19(24)11-22-15-5-3-2-4-14(15)16(23)9-20-22/h2-9H,10-12H2,1H3. The van der Waals surface area contributed by atoms with Gasteiger partial charge in [-0.2, -0.15) is 5.10 Å². The van der Waals surface area contributed by atoms with Crippen molar-refractivity contribution in [2.24, 2.45) is 0 Å². The number of likely N-dealkylation sites (N-methyl/N-ethyl adjacent to an activating group) is 1. The van der Waals surface area contributed by atoms with Crippen molar-refractivity contribution in [1.29, 1.82) is 0 Å². The van der Waals surface area contributed by atoms with Crippen molar-refractivity contribution in [3.63, 3.8) is 0 Å². The number of aromatic nitrogens is 2. The Morgan fingerprint density at radius 3 is 2.88 bits per heavy atom. The van der Waals surface area contributed by atoms with Gasteiger partial charge in [-0.3, -0.25) is 14.3 Å². The number of fused-ring (bicyclic) bond motifs is 2. The molecule has 0 N–H and O–H groups in total. The minimum atomic E-state index is -0.155. The van der Waals surface area contributed by atoms with Crippen LogP contribution in [0.15, 0.2) is 53.5 Å². The van der Waals surface area contributed by atoms with Gasteiger partial charge in [0.25, 0.3) is 0 Å². The molecule has 0 saturated carbocycles. The number of carbonyl (C=O) groups is 1. The van der Waals surface area contributed by atoms with Crippen molar-refractivity contribution in [2.45, 2.75) is 13.1 Å². The van der Waals surface area contributed by atoms with Crippen molar-refractivity contribution in [2.75, 3.05) is 13.8 Å². The Morgan fingerprint density at radius 2 is 2.00 bits per heavy atom. The van der Waals surface area contributed by atoms with E-state index < -0.39 is 0 Å². The first-order valence-corrected chi connectivity index (χ1v) is 8.19. The van der Waals surface area contributed by atoms with Gasteiger partial charge in [0.2, 0.25) is 18.1 Å². The number of nitrogens with zero attached hydrogens (tertiary/aromatic N) is 3. The number of amides is 1. The fourth-order valence-electron chi connectivity index (χ4n) is 2.94. The summed E-state index contributed by atoms with van der Waals surface area (Å²) in [6.45, 7) is 0.716. The number of benzene rings is 2.